The molecule has 4 heteroatoms. The lowest BCUT2D eigenvalue weighted by Crippen LogP contribution is -2.37. The van der Waals surface area contributed by atoms with Crippen molar-refractivity contribution in [3.63, 3.8) is 0 Å². The zero-order valence-electron chi connectivity index (χ0n) is 5.66. The highest BCUT2D eigenvalue weighted by Gasteiger charge is 2.19. The first-order valence-electron chi connectivity index (χ1n) is 3.07. The van der Waals surface area contributed by atoms with E-state index >= 15 is 0 Å². The van der Waals surface area contributed by atoms with E-state index in [0.29, 0.717) is 6.61 Å². The molecule has 0 aromatic carbocycles. The summed E-state index contributed by atoms with van der Waals surface area (Å²) in [5.74, 6) is -0.260. The minimum atomic E-state index is -0.769. The molecule has 0 saturated heterocycles. The minimum absolute atomic E-state index is 0.260. The van der Waals surface area contributed by atoms with Crippen LogP contribution in [0.2, 0.25) is 0 Å². The van der Waals surface area contributed by atoms with Gasteiger partial charge in [0.15, 0.2) is 0 Å². The number of ether oxygens (including phenoxy) is 2. The molecule has 1 aliphatic rings. The van der Waals surface area contributed by atoms with Crippen molar-refractivity contribution in [2.24, 2.45) is 0 Å². The number of rotatable bonds is 2. The van der Waals surface area contributed by atoms with E-state index in [9.17, 15) is 4.79 Å². The van der Waals surface area contributed by atoms with E-state index in [1.807, 2.05) is 0 Å². The molecule has 0 fully saturated rings. The molecule has 1 N–H and O–H groups in total. The van der Waals surface area contributed by atoms with Gasteiger partial charge in [-0.25, -0.2) is 0 Å². The van der Waals surface area contributed by atoms with Gasteiger partial charge in [-0.15, -0.1) is 0 Å². The zero-order valence-corrected chi connectivity index (χ0v) is 5.66. The number of hydrogen-bond donors (Lipinski definition) is 1. The highest BCUT2D eigenvalue weighted by molar-refractivity contribution is 5.81. The highest BCUT2D eigenvalue weighted by atomic mass is 16.7. The van der Waals surface area contributed by atoms with Crippen molar-refractivity contribution in [2.75, 3.05) is 6.61 Å². The second-order valence-corrected chi connectivity index (χ2v) is 1.73. The van der Waals surface area contributed by atoms with Crippen molar-refractivity contribution >= 4 is 5.91 Å². The lowest BCUT2D eigenvalue weighted by atomic mass is 10.5. The molecule has 0 spiro atoms. The van der Waals surface area contributed by atoms with E-state index in [1.54, 1.807) is 6.92 Å². The first-order chi connectivity index (χ1) is 4.84. The van der Waals surface area contributed by atoms with Gasteiger partial charge in [-0.05, 0) is 6.92 Å². The fourth-order valence-electron chi connectivity index (χ4n) is 0.623. The predicted octanol–water partition coefficient (Wildman–Crippen LogP) is -0.0334. The fourth-order valence-corrected chi connectivity index (χ4v) is 0.623. The Bertz CT molecular complexity index is 155. The third-order valence-electron chi connectivity index (χ3n) is 1.03. The van der Waals surface area contributed by atoms with E-state index in [1.165, 1.54) is 12.5 Å². The van der Waals surface area contributed by atoms with Crippen molar-refractivity contribution in [1.29, 1.82) is 0 Å². The van der Waals surface area contributed by atoms with Crippen LogP contribution in [0.1, 0.15) is 6.92 Å². The zero-order chi connectivity index (χ0) is 7.40. The van der Waals surface area contributed by atoms with Gasteiger partial charge in [0.2, 0.25) is 0 Å². The van der Waals surface area contributed by atoms with Crippen LogP contribution in [0.15, 0.2) is 12.5 Å². The average Bonchev–Trinajstić information content (AvgIpc) is 1.94. The van der Waals surface area contributed by atoms with Crippen LogP contribution in [-0.2, 0) is 14.3 Å². The Morgan fingerprint density at radius 3 is 3.30 bits per heavy atom. The first-order valence-corrected chi connectivity index (χ1v) is 3.07. The summed E-state index contributed by atoms with van der Waals surface area (Å²) in [6.07, 6.45) is 2.05. The molecule has 1 atom stereocenters. The van der Waals surface area contributed by atoms with Gasteiger partial charge in [0.1, 0.15) is 6.26 Å². The lowest BCUT2D eigenvalue weighted by Gasteiger charge is -2.17. The molecule has 1 heterocycles. The number of carbonyl (C=O) groups is 1. The Morgan fingerprint density at radius 1 is 1.90 bits per heavy atom. The highest BCUT2D eigenvalue weighted by Crippen LogP contribution is 1.99. The Morgan fingerprint density at radius 2 is 2.70 bits per heavy atom. The molecule has 0 aromatic rings. The number of nitrogens with one attached hydrogen (secondary N) is 1. The molecule has 56 valence electrons. The van der Waals surface area contributed by atoms with E-state index < -0.39 is 6.29 Å². The van der Waals surface area contributed by atoms with E-state index in [-0.39, 0.29) is 5.91 Å². The second-order valence-electron chi connectivity index (χ2n) is 1.73. The Kier molecular flexibility index (Phi) is 2.28. The van der Waals surface area contributed by atoms with Crippen LogP contribution in [-0.4, -0.2) is 18.8 Å². The fraction of sp³-hybridized carbons (Fsp3) is 0.500. The SMILES string of the molecule is CCOC1OC=CNC1=O. The topological polar surface area (TPSA) is 47.6 Å². The van der Waals surface area contributed by atoms with E-state index in [2.05, 4.69) is 5.32 Å². The summed E-state index contributed by atoms with van der Waals surface area (Å²) in [7, 11) is 0. The summed E-state index contributed by atoms with van der Waals surface area (Å²) in [5, 5.41) is 2.45. The van der Waals surface area contributed by atoms with Gasteiger partial charge in [-0.3, -0.25) is 4.79 Å². The summed E-state index contributed by atoms with van der Waals surface area (Å²) in [6.45, 7) is 2.26. The number of amides is 1. The molecule has 4 nitrogen and oxygen atoms in total. The Labute approximate surface area is 58.8 Å². The standard InChI is InChI=1S/C6H9NO3/c1-2-9-6-5(8)7-3-4-10-6/h3-4,6H,2H2,1H3,(H,7,8). The van der Waals surface area contributed by atoms with Crippen molar-refractivity contribution in [1.82, 2.24) is 5.32 Å². The average molecular weight is 143 g/mol. The smallest absolute Gasteiger partial charge is 0.293 e. The van der Waals surface area contributed by atoms with Crippen molar-refractivity contribution < 1.29 is 14.3 Å². The van der Waals surface area contributed by atoms with Crippen LogP contribution in [0, 0.1) is 0 Å². The molecule has 1 aliphatic heterocycles. The molecule has 0 saturated carbocycles. The second kappa shape index (κ2) is 3.22. The van der Waals surface area contributed by atoms with Crippen LogP contribution in [0.25, 0.3) is 0 Å². The quantitative estimate of drug-likeness (QED) is 0.590. The van der Waals surface area contributed by atoms with Crippen LogP contribution in [0.3, 0.4) is 0 Å². The van der Waals surface area contributed by atoms with Gasteiger partial charge in [-0.1, -0.05) is 0 Å². The molecule has 0 aromatic heterocycles. The predicted molar refractivity (Wildman–Crippen MR) is 33.8 cm³/mol. The lowest BCUT2D eigenvalue weighted by molar-refractivity contribution is -0.160. The molecule has 0 bridgehead atoms. The minimum Gasteiger partial charge on any atom is -0.462 e. The molecule has 10 heavy (non-hydrogen) atoms. The summed E-state index contributed by atoms with van der Waals surface area (Å²) in [5.41, 5.74) is 0. The van der Waals surface area contributed by atoms with E-state index in [4.69, 9.17) is 9.47 Å². The van der Waals surface area contributed by atoms with Crippen molar-refractivity contribution in [2.45, 2.75) is 13.2 Å². The van der Waals surface area contributed by atoms with Crippen molar-refractivity contribution in [3.8, 4) is 0 Å². The first kappa shape index (κ1) is 7.08. The van der Waals surface area contributed by atoms with Gasteiger partial charge in [-0.2, -0.15) is 0 Å². The van der Waals surface area contributed by atoms with Crippen LogP contribution < -0.4 is 5.32 Å². The normalized spacial score (nSPS) is 23.7. The van der Waals surface area contributed by atoms with Gasteiger partial charge in [0, 0.05) is 12.8 Å². The Hall–Kier alpha value is -1.03. The van der Waals surface area contributed by atoms with Gasteiger partial charge >= 0.3 is 0 Å². The molecule has 1 unspecified atom stereocenters. The largest absolute Gasteiger partial charge is 0.462 e. The number of carbonyl (C=O) groups excluding carboxylic acids is 1. The maximum Gasteiger partial charge on any atom is 0.293 e. The van der Waals surface area contributed by atoms with Gasteiger partial charge in [0.05, 0.1) is 0 Å². The molecule has 1 rings (SSSR count). The summed E-state index contributed by atoms with van der Waals surface area (Å²) < 4.78 is 9.73. The van der Waals surface area contributed by atoms with Crippen LogP contribution in [0.4, 0.5) is 0 Å². The third kappa shape index (κ3) is 1.48. The molecule has 0 aliphatic carbocycles. The van der Waals surface area contributed by atoms with Gasteiger partial charge in [0.25, 0.3) is 12.2 Å². The number of hydrogen-bond acceptors (Lipinski definition) is 3. The van der Waals surface area contributed by atoms with Crippen LogP contribution in [0.5, 0.6) is 0 Å². The molecule has 0 radical (unpaired) electrons. The Balaban J connectivity index is 2.43. The van der Waals surface area contributed by atoms with Crippen LogP contribution >= 0.6 is 0 Å². The third-order valence-corrected chi connectivity index (χ3v) is 1.03. The molecule has 1 amide bonds. The summed E-state index contributed by atoms with van der Waals surface area (Å²) in [6, 6.07) is 0. The van der Waals surface area contributed by atoms with E-state index in [0.717, 1.165) is 0 Å². The maximum atomic E-state index is 10.8. The summed E-state index contributed by atoms with van der Waals surface area (Å²) >= 11 is 0. The molecular formula is C6H9NO3. The molecular weight excluding hydrogens is 134 g/mol. The maximum absolute atomic E-state index is 10.8. The summed E-state index contributed by atoms with van der Waals surface area (Å²) in [4.78, 5) is 10.8. The van der Waals surface area contributed by atoms with Crippen molar-refractivity contribution in [3.05, 3.63) is 12.5 Å². The monoisotopic (exact) mass is 143 g/mol. The van der Waals surface area contributed by atoms with Gasteiger partial charge < -0.3 is 14.8 Å².